The number of hydrogen-bond donors (Lipinski definition) is 1. The Hall–Kier alpha value is -1.54. The molecule has 0 saturated heterocycles. The number of rotatable bonds is 6. The summed E-state index contributed by atoms with van der Waals surface area (Å²) in [6.07, 6.45) is 3.93. The van der Waals surface area contributed by atoms with E-state index in [2.05, 4.69) is 11.1 Å². The number of hydrogen-bond acceptors (Lipinski definition) is 4. The molecule has 0 atom stereocenters. The predicted octanol–water partition coefficient (Wildman–Crippen LogP) is 2.57. The fourth-order valence-corrected chi connectivity index (χ4v) is 2.05. The van der Waals surface area contributed by atoms with Crippen molar-refractivity contribution >= 4 is 17.7 Å². The molecule has 1 rings (SSSR count). The highest BCUT2D eigenvalue weighted by atomic mass is 32.2. The molecule has 1 aromatic heterocycles. The van der Waals surface area contributed by atoms with Crippen molar-refractivity contribution in [2.45, 2.75) is 24.2 Å². The molecule has 0 saturated carbocycles. The Kier molecular flexibility index (Phi) is 5.37. The Bertz CT molecular complexity index is 401. The second-order valence-electron chi connectivity index (χ2n) is 3.15. The third-order valence-corrected chi connectivity index (χ3v) is 2.98. The first kappa shape index (κ1) is 12.5. The van der Waals surface area contributed by atoms with Crippen LogP contribution in [0.1, 0.15) is 29.8 Å². The van der Waals surface area contributed by atoms with E-state index in [0.29, 0.717) is 6.42 Å². The summed E-state index contributed by atoms with van der Waals surface area (Å²) in [5.74, 6) is -0.114. The minimum absolute atomic E-state index is 0.0713. The predicted molar refractivity (Wildman–Crippen MR) is 61.4 cm³/mol. The van der Waals surface area contributed by atoms with Gasteiger partial charge in [0.1, 0.15) is 5.69 Å². The fraction of sp³-hybridized carbons (Fsp3) is 0.364. The van der Waals surface area contributed by atoms with E-state index in [1.165, 1.54) is 6.20 Å². The lowest BCUT2D eigenvalue weighted by Crippen LogP contribution is -1.99. The number of carbonyl (C=O) groups is 1. The molecule has 0 fully saturated rings. The van der Waals surface area contributed by atoms with Crippen LogP contribution in [0.2, 0.25) is 0 Å². The first-order chi connectivity index (χ1) is 7.74. The lowest BCUT2D eigenvalue weighted by atomic mass is 10.3. The molecule has 5 heteroatoms. The van der Waals surface area contributed by atoms with E-state index in [0.717, 1.165) is 23.5 Å². The number of carboxylic acids is 1. The lowest BCUT2D eigenvalue weighted by molar-refractivity contribution is 0.0690. The number of unbranched alkanes of at least 4 members (excludes halogenated alkanes) is 2. The van der Waals surface area contributed by atoms with Gasteiger partial charge in [-0.05, 0) is 30.7 Å². The number of nitriles is 1. The molecule has 0 aliphatic carbocycles. The van der Waals surface area contributed by atoms with Gasteiger partial charge in [0.25, 0.3) is 0 Å². The van der Waals surface area contributed by atoms with Crippen LogP contribution in [0.5, 0.6) is 0 Å². The topological polar surface area (TPSA) is 74.0 Å². The third-order valence-electron chi connectivity index (χ3n) is 1.90. The Labute approximate surface area is 98.3 Å². The standard InChI is InChI=1S/C11H12N2O2S/c12-5-2-1-3-7-16-9-4-6-13-10(8-9)11(14)15/h4,6,8H,1-3,7H2,(H,14,15). The summed E-state index contributed by atoms with van der Waals surface area (Å²) >= 11 is 1.59. The van der Waals surface area contributed by atoms with Crippen molar-refractivity contribution in [3.63, 3.8) is 0 Å². The molecule has 1 heterocycles. The number of nitrogens with zero attached hydrogens (tertiary/aromatic N) is 2. The van der Waals surface area contributed by atoms with Gasteiger partial charge in [-0.3, -0.25) is 0 Å². The van der Waals surface area contributed by atoms with Gasteiger partial charge in [-0.15, -0.1) is 11.8 Å². The van der Waals surface area contributed by atoms with Crippen LogP contribution in [0.3, 0.4) is 0 Å². The zero-order valence-electron chi connectivity index (χ0n) is 8.72. The third kappa shape index (κ3) is 4.32. The van der Waals surface area contributed by atoms with Crippen LogP contribution < -0.4 is 0 Å². The van der Waals surface area contributed by atoms with Crippen LogP contribution >= 0.6 is 11.8 Å². The molecule has 0 aliphatic heterocycles. The first-order valence-electron chi connectivity index (χ1n) is 4.93. The molecular weight excluding hydrogens is 224 g/mol. The molecule has 0 amide bonds. The number of thioether (sulfide) groups is 1. The molecule has 84 valence electrons. The fourth-order valence-electron chi connectivity index (χ4n) is 1.11. The van der Waals surface area contributed by atoms with Crippen molar-refractivity contribution < 1.29 is 9.90 Å². The molecule has 1 aromatic rings. The number of aromatic nitrogens is 1. The van der Waals surface area contributed by atoms with E-state index < -0.39 is 5.97 Å². The number of carboxylic acid groups (broad SMARTS) is 1. The average Bonchev–Trinajstić information content (AvgIpc) is 2.29. The van der Waals surface area contributed by atoms with Crippen LogP contribution in [0.25, 0.3) is 0 Å². The molecule has 0 spiro atoms. The summed E-state index contributed by atoms with van der Waals surface area (Å²) in [6.45, 7) is 0. The van der Waals surface area contributed by atoms with Crippen LogP contribution in [0, 0.1) is 11.3 Å². The van der Waals surface area contributed by atoms with Gasteiger partial charge in [0, 0.05) is 17.5 Å². The van der Waals surface area contributed by atoms with Crippen LogP contribution in [-0.2, 0) is 0 Å². The highest BCUT2D eigenvalue weighted by Crippen LogP contribution is 2.19. The second kappa shape index (κ2) is 6.85. The first-order valence-corrected chi connectivity index (χ1v) is 5.91. The zero-order chi connectivity index (χ0) is 11.8. The van der Waals surface area contributed by atoms with E-state index in [1.807, 2.05) is 0 Å². The molecule has 16 heavy (non-hydrogen) atoms. The van der Waals surface area contributed by atoms with Crippen LogP contribution in [0.15, 0.2) is 23.2 Å². The van der Waals surface area contributed by atoms with Gasteiger partial charge in [-0.1, -0.05) is 0 Å². The van der Waals surface area contributed by atoms with Gasteiger partial charge in [0.15, 0.2) is 0 Å². The van der Waals surface area contributed by atoms with Crippen molar-refractivity contribution in [1.82, 2.24) is 4.98 Å². The normalized spacial score (nSPS) is 9.69. The van der Waals surface area contributed by atoms with Crippen molar-refractivity contribution in [2.75, 3.05) is 5.75 Å². The number of pyridine rings is 1. The summed E-state index contributed by atoms with van der Waals surface area (Å²) in [5.41, 5.74) is 0.0713. The monoisotopic (exact) mass is 236 g/mol. The molecule has 0 aliphatic rings. The van der Waals surface area contributed by atoms with Crippen molar-refractivity contribution in [3.05, 3.63) is 24.0 Å². The van der Waals surface area contributed by atoms with E-state index >= 15 is 0 Å². The van der Waals surface area contributed by atoms with Crippen molar-refractivity contribution in [1.29, 1.82) is 5.26 Å². The van der Waals surface area contributed by atoms with Gasteiger partial charge < -0.3 is 5.11 Å². The Morgan fingerprint density at radius 1 is 1.56 bits per heavy atom. The second-order valence-corrected chi connectivity index (χ2v) is 4.31. The maximum absolute atomic E-state index is 10.7. The maximum atomic E-state index is 10.7. The average molecular weight is 236 g/mol. The van der Waals surface area contributed by atoms with Crippen LogP contribution in [-0.4, -0.2) is 21.8 Å². The molecule has 0 aromatic carbocycles. The van der Waals surface area contributed by atoms with E-state index in [9.17, 15) is 4.79 Å². The minimum atomic E-state index is -1.01. The molecule has 0 bridgehead atoms. The summed E-state index contributed by atoms with van der Waals surface area (Å²) in [6, 6.07) is 5.45. The summed E-state index contributed by atoms with van der Waals surface area (Å²) < 4.78 is 0. The molecule has 0 unspecified atom stereocenters. The molecule has 0 radical (unpaired) electrons. The smallest absolute Gasteiger partial charge is 0.354 e. The zero-order valence-corrected chi connectivity index (χ0v) is 9.54. The largest absolute Gasteiger partial charge is 0.477 e. The van der Waals surface area contributed by atoms with Gasteiger partial charge >= 0.3 is 5.97 Å². The summed E-state index contributed by atoms with van der Waals surface area (Å²) in [7, 11) is 0. The highest BCUT2D eigenvalue weighted by Gasteiger charge is 2.04. The Morgan fingerprint density at radius 3 is 3.06 bits per heavy atom. The SMILES string of the molecule is N#CCCCCSc1ccnc(C(=O)O)c1. The van der Waals surface area contributed by atoms with Crippen molar-refractivity contribution in [3.8, 4) is 6.07 Å². The van der Waals surface area contributed by atoms with Gasteiger partial charge in [0.05, 0.1) is 6.07 Å². The van der Waals surface area contributed by atoms with Gasteiger partial charge in [-0.25, -0.2) is 9.78 Å². The highest BCUT2D eigenvalue weighted by molar-refractivity contribution is 7.99. The number of aromatic carboxylic acids is 1. The summed E-state index contributed by atoms with van der Waals surface area (Å²) in [5, 5.41) is 17.1. The van der Waals surface area contributed by atoms with Crippen LogP contribution in [0.4, 0.5) is 0 Å². The minimum Gasteiger partial charge on any atom is -0.477 e. The molecule has 1 N–H and O–H groups in total. The van der Waals surface area contributed by atoms with Gasteiger partial charge in [0.2, 0.25) is 0 Å². The summed E-state index contributed by atoms with van der Waals surface area (Å²) in [4.78, 5) is 15.3. The van der Waals surface area contributed by atoms with E-state index in [1.54, 1.807) is 23.9 Å². The van der Waals surface area contributed by atoms with Crippen molar-refractivity contribution in [2.24, 2.45) is 0 Å². The quantitative estimate of drug-likeness (QED) is 0.607. The Morgan fingerprint density at radius 2 is 2.38 bits per heavy atom. The molecule has 4 nitrogen and oxygen atoms in total. The van der Waals surface area contributed by atoms with Gasteiger partial charge in [-0.2, -0.15) is 5.26 Å². The molecular formula is C11H12N2O2S. The lowest BCUT2D eigenvalue weighted by Gasteiger charge is -2.01. The van der Waals surface area contributed by atoms with E-state index in [-0.39, 0.29) is 5.69 Å². The maximum Gasteiger partial charge on any atom is 0.354 e. The van der Waals surface area contributed by atoms with E-state index in [4.69, 9.17) is 10.4 Å². The Balaban J connectivity index is 2.39.